The van der Waals surface area contributed by atoms with E-state index in [1.165, 1.54) is 17.5 Å². The van der Waals surface area contributed by atoms with Gasteiger partial charge in [-0.05, 0) is 29.4 Å². The van der Waals surface area contributed by atoms with Crippen LogP contribution in [0.1, 0.15) is 44.7 Å². The van der Waals surface area contributed by atoms with E-state index in [2.05, 4.69) is 52.0 Å². The van der Waals surface area contributed by atoms with Gasteiger partial charge in [-0.15, -0.1) is 0 Å². The molecule has 0 aromatic heterocycles. The van der Waals surface area contributed by atoms with Crippen molar-refractivity contribution in [3.05, 3.63) is 35.4 Å². The van der Waals surface area contributed by atoms with Crippen molar-refractivity contribution < 1.29 is 10.5 Å². The molecule has 0 radical (unpaired) electrons. The molecule has 2 nitrogen and oxygen atoms in total. The summed E-state index contributed by atoms with van der Waals surface area (Å²) in [5.41, 5.74) is 2.90. The van der Waals surface area contributed by atoms with Crippen molar-refractivity contribution in [2.75, 3.05) is 0 Å². The smallest absolute Gasteiger partial charge is 0.0219 e. The number of benzene rings is 1. The van der Waals surface area contributed by atoms with Gasteiger partial charge in [-0.2, -0.15) is 0 Å². The lowest BCUT2D eigenvalue weighted by molar-refractivity contribution is -0.176. The third-order valence-electron chi connectivity index (χ3n) is 2.29. The monoisotopic (exact) mass is 210 g/mol. The number of hydrogen-bond acceptors (Lipinski definition) is 2. The van der Waals surface area contributed by atoms with Crippen LogP contribution in [0.5, 0.6) is 0 Å². The Hall–Kier alpha value is -0.860. The van der Waals surface area contributed by atoms with Gasteiger partial charge in [0.2, 0.25) is 0 Å². The summed E-state index contributed by atoms with van der Waals surface area (Å²) in [6.07, 6.45) is 1.19. The van der Waals surface area contributed by atoms with Gasteiger partial charge < -0.3 is 0 Å². The lowest BCUT2D eigenvalue weighted by Gasteiger charge is -2.08. The van der Waals surface area contributed by atoms with E-state index in [0.717, 1.165) is 5.92 Å². The van der Waals surface area contributed by atoms with Gasteiger partial charge in [0.05, 0.1) is 0 Å². The zero-order chi connectivity index (χ0) is 11.8. The van der Waals surface area contributed by atoms with Crippen LogP contribution in [-0.2, 0) is 6.42 Å². The van der Waals surface area contributed by atoms with Gasteiger partial charge in [0.1, 0.15) is 0 Å². The maximum Gasteiger partial charge on any atom is -0.0219 e. The van der Waals surface area contributed by atoms with Crippen LogP contribution in [0.3, 0.4) is 0 Å². The van der Waals surface area contributed by atoms with E-state index < -0.39 is 0 Å². The highest BCUT2D eigenvalue weighted by atomic mass is 17.0. The predicted molar refractivity (Wildman–Crippen MR) is 64.3 cm³/mol. The molecule has 2 N–H and O–H groups in total. The van der Waals surface area contributed by atoms with Gasteiger partial charge in [0, 0.05) is 0 Å². The van der Waals surface area contributed by atoms with Crippen molar-refractivity contribution in [3.63, 3.8) is 0 Å². The predicted octanol–water partition coefficient (Wildman–Crippen LogP) is 4.03. The second-order valence-electron chi connectivity index (χ2n) is 4.49. The Morgan fingerprint density at radius 2 is 1.40 bits per heavy atom. The van der Waals surface area contributed by atoms with Crippen molar-refractivity contribution in [2.24, 2.45) is 5.92 Å². The van der Waals surface area contributed by atoms with E-state index >= 15 is 0 Å². The maximum atomic E-state index is 6.00. The highest BCUT2D eigenvalue weighted by molar-refractivity contribution is 5.24. The number of hydrogen-bond donors (Lipinski definition) is 2. The minimum atomic E-state index is 0.646. The Morgan fingerprint density at radius 3 is 1.73 bits per heavy atom. The molecule has 0 aliphatic rings. The van der Waals surface area contributed by atoms with E-state index in [4.69, 9.17) is 10.5 Å². The van der Waals surface area contributed by atoms with Crippen LogP contribution in [0.2, 0.25) is 0 Å². The van der Waals surface area contributed by atoms with Gasteiger partial charge in [-0.25, -0.2) is 0 Å². The SMILES string of the molecule is CC(C)Cc1ccc(C(C)C)cc1.OO. The molecule has 0 aliphatic heterocycles. The summed E-state index contributed by atoms with van der Waals surface area (Å²) in [7, 11) is 0. The van der Waals surface area contributed by atoms with Gasteiger partial charge in [-0.3, -0.25) is 10.5 Å². The molecular weight excluding hydrogens is 188 g/mol. The molecule has 1 rings (SSSR count). The highest BCUT2D eigenvalue weighted by Gasteiger charge is 2.00. The molecule has 2 heteroatoms. The van der Waals surface area contributed by atoms with Crippen LogP contribution in [0.25, 0.3) is 0 Å². The minimum absolute atomic E-state index is 0.646. The maximum absolute atomic E-state index is 6.00. The normalized spacial score (nSPS) is 10.1. The fourth-order valence-electron chi connectivity index (χ4n) is 1.51. The van der Waals surface area contributed by atoms with E-state index in [1.54, 1.807) is 0 Å². The second kappa shape index (κ2) is 7.43. The standard InChI is InChI=1S/C13H20.H2O2/c1-10(2)9-12-5-7-13(8-6-12)11(3)4;1-2/h5-8,10-11H,9H2,1-4H3;1-2H. The van der Waals surface area contributed by atoms with Crippen molar-refractivity contribution in [1.29, 1.82) is 0 Å². The van der Waals surface area contributed by atoms with E-state index in [9.17, 15) is 0 Å². The average Bonchev–Trinajstić information content (AvgIpc) is 2.20. The summed E-state index contributed by atoms with van der Waals surface area (Å²) in [5.74, 6) is 1.40. The Kier molecular flexibility index (Phi) is 7.01. The summed E-state index contributed by atoms with van der Waals surface area (Å²) >= 11 is 0. The van der Waals surface area contributed by atoms with Gasteiger partial charge >= 0.3 is 0 Å². The summed E-state index contributed by atoms with van der Waals surface area (Å²) in [4.78, 5) is 0. The molecule has 0 aliphatic carbocycles. The van der Waals surface area contributed by atoms with E-state index in [-0.39, 0.29) is 0 Å². The van der Waals surface area contributed by atoms with Crippen molar-refractivity contribution >= 4 is 0 Å². The largest absolute Gasteiger partial charge is 0.255 e. The molecule has 0 spiro atoms. The zero-order valence-corrected chi connectivity index (χ0v) is 10.1. The molecule has 0 saturated heterocycles. The molecule has 0 saturated carbocycles. The zero-order valence-electron chi connectivity index (χ0n) is 10.1. The first-order valence-corrected chi connectivity index (χ1v) is 5.38. The molecular formula is C13H22O2. The highest BCUT2D eigenvalue weighted by Crippen LogP contribution is 2.16. The minimum Gasteiger partial charge on any atom is -0.255 e. The molecule has 0 amide bonds. The second-order valence-corrected chi connectivity index (χ2v) is 4.49. The Balaban J connectivity index is 0.000000921. The van der Waals surface area contributed by atoms with Gasteiger partial charge in [0.25, 0.3) is 0 Å². The Bertz CT molecular complexity index is 250. The average molecular weight is 210 g/mol. The van der Waals surface area contributed by atoms with E-state index in [0.29, 0.717) is 5.92 Å². The third-order valence-corrected chi connectivity index (χ3v) is 2.29. The first-order valence-electron chi connectivity index (χ1n) is 5.38. The Labute approximate surface area is 92.5 Å². The molecule has 0 heterocycles. The molecule has 86 valence electrons. The molecule has 1 aromatic rings. The van der Waals surface area contributed by atoms with Crippen molar-refractivity contribution in [1.82, 2.24) is 0 Å². The topological polar surface area (TPSA) is 40.5 Å². The molecule has 15 heavy (non-hydrogen) atoms. The Morgan fingerprint density at radius 1 is 0.933 bits per heavy atom. The first-order chi connectivity index (χ1) is 7.09. The van der Waals surface area contributed by atoms with Crippen molar-refractivity contribution in [2.45, 2.75) is 40.0 Å². The molecule has 0 bridgehead atoms. The summed E-state index contributed by atoms with van der Waals surface area (Å²) in [5, 5.41) is 12.0. The van der Waals surface area contributed by atoms with Crippen LogP contribution in [0, 0.1) is 5.92 Å². The van der Waals surface area contributed by atoms with E-state index in [1.807, 2.05) is 0 Å². The van der Waals surface area contributed by atoms with Gasteiger partial charge in [0.15, 0.2) is 0 Å². The van der Waals surface area contributed by atoms with Crippen LogP contribution in [0.15, 0.2) is 24.3 Å². The molecule has 0 unspecified atom stereocenters. The molecule has 0 atom stereocenters. The van der Waals surface area contributed by atoms with Crippen LogP contribution in [0.4, 0.5) is 0 Å². The first kappa shape index (κ1) is 14.1. The fourth-order valence-corrected chi connectivity index (χ4v) is 1.51. The lowest BCUT2D eigenvalue weighted by Crippen LogP contribution is -1.94. The van der Waals surface area contributed by atoms with Crippen LogP contribution >= 0.6 is 0 Å². The van der Waals surface area contributed by atoms with Crippen LogP contribution < -0.4 is 0 Å². The quantitative estimate of drug-likeness (QED) is 0.584. The third kappa shape index (κ3) is 5.55. The summed E-state index contributed by atoms with van der Waals surface area (Å²) < 4.78 is 0. The van der Waals surface area contributed by atoms with Gasteiger partial charge in [-0.1, -0.05) is 52.0 Å². The summed E-state index contributed by atoms with van der Waals surface area (Å²) in [6.45, 7) is 8.99. The fraction of sp³-hybridized carbons (Fsp3) is 0.538. The number of rotatable bonds is 3. The molecule has 0 fully saturated rings. The van der Waals surface area contributed by atoms with Crippen molar-refractivity contribution in [3.8, 4) is 0 Å². The van der Waals surface area contributed by atoms with Crippen LogP contribution in [-0.4, -0.2) is 10.5 Å². The lowest BCUT2D eigenvalue weighted by atomic mass is 9.98. The molecule has 1 aromatic carbocycles. The summed E-state index contributed by atoms with van der Waals surface area (Å²) in [6, 6.07) is 9.02.